The van der Waals surface area contributed by atoms with E-state index in [4.69, 9.17) is 5.73 Å². The Morgan fingerprint density at radius 1 is 1.10 bits per heavy atom. The minimum Gasteiger partial charge on any atom is -0.363 e. The number of benzene rings is 2. The van der Waals surface area contributed by atoms with Crippen LogP contribution in [0.3, 0.4) is 0 Å². The minimum absolute atomic E-state index is 0. The summed E-state index contributed by atoms with van der Waals surface area (Å²) in [6.07, 6.45) is 0. The molecule has 0 fully saturated rings. The summed E-state index contributed by atoms with van der Waals surface area (Å²) in [7, 11) is 0. The molecule has 0 aliphatic carbocycles. The van der Waals surface area contributed by atoms with E-state index >= 15 is 0 Å². The Kier molecular flexibility index (Phi) is 4.83. The van der Waals surface area contributed by atoms with Gasteiger partial charge in [0.25, 0.3) is 0 Å². The van der Waals surface area contributed by atoms with Crippen molar-refractivity contribution in [2.45, 2.75) is 12.6 Å². The van der Waals surface area contributed by atoms with E-state index in [9.17, 15) is 4.79 Å². The Morgan fingerprint density at radius 2 is 1.76 bits per heavy atom. The van der Waals surface area contributed by atoms with Crippen LogP contribution in [0.2, 0.25) is 0 Å². The molecule has 3 N–H and O–H groups in total. The number of amides is 1. The van der Waals surface area contributed by atoms with Gasteiger partial charge in [-0.25, -0.2) is 0 Å². The van der Waals surface area contributed by atoms with E-state index in [2.05, 4.69) is 22.3 Å². The monoisotopic (exact) mass is 303 g/mol. The normalized spacial score (nSPS) is 17.3. The highest BCUT2D eigenvalue weighted by Crippen LogP contribution is 2.29. The van der Waals surface area contributed by atoms with Crippen LogP contribution >= 0.6 is 12.4 Å². The van der Waals surface area contributed by atoms with Gasteiger partial charge >= 0.3 is 0 Å². The summed E-state index contributed by atoms with van der Waals surface area (Å²) in [6, 6.07) is 17.5. The average molecular weight is 304 g/mol. The maximum absolute atomic E-state index is 11.9. The average Bonchev–Trinajstić information content (AvgIpc) is 2.58. The van der Waals surface area contributed by atoms with Crippen molar-refractivity contribution >= 4 is 29.7 Å². The van der Waals surface area contributed by atoms with Crippen molar-refractivity contribution in [3.8, 4) is 0 Å². The van der Waals surface area contributed by atoms with E-state index in [1.165, 1.54) is 5.56 Å². The van der Waals surface area contributed by atoms with E-state index < -0.39 is 6.04 Å². The summed E-state index contributed by atoms with van der Waals surface area (Å²) in [4.78, 5) is 14.1. The molecule has 4 nitrogen and oxygen atoms in total. The third kappa shape index (κ3) is 3.35. The van der Waals surface area contributed by atoms with E-state index in [-0.39, 0.29) is 18.3 Å². The molecule has 1 atom stereocenters. The van der Waals surface area contributed by atoms with Gasteiger partial charge in [-0.1, -0.05) is 42.5 Å². The fourth-order valence-corrected chi connectivity index (χ4v) is 2.45. The van der Waals surface area contributed by atoms with Crippen molar-refractivity contribution in [2.24, 2.45) is 5.73 Å². The summed E-state index contributed by atoms with van der Waals surface area (Å²) in [5.74, 6) is -0.131. The van der Waals surface area contributed by atoms with E-state index in [0.717, 1.165) is 17.9 Å². The Balaban J connectivity index is 0.00000161. The summed E-state index contributed by atoms with van der Waals surface area (Å²) in [5.41, 5.74) is 8.98. The molecule has 0 saturated heterocycles. The molecule has 5 heteroatoms. The highest BCUT2D eigenvalue weighted by Gasteiger charge is 2.24. The number of nitrogens with one attached hydrogen (secondary N) is 1. The first-order chi connectivity index (χ1) is 9.74. The lowest BCUT2D eigenvalue weighted by Gasteiger charge is -2.25. The molecule has 1 aliphatic rings. The van der Waals surface area contributed by atoms with E-state index in [1.54, 1.807) is 0 Å². The van der Waals surface area contributed by atoms with Crippen molar-refractivity contribution < 1.29 is 4.79 Å². The lowest BCUT2D eigenvalue weighted by molar-refractivity contribution is -0.117. The molecule has 2 aromatic carbocycles. The Bertz CT molecular complexity index is 618. The molecule has 0 spiro atoms. The predicted molar refractivity (Wildman–Crippen MR) is 87.8 cm³/mol. The maximum Gasteiger partial charge on any atom is 0.243 e. The second kappa shape index (κ2) is 6.61. The van der Waals surface area contributed by atoms with E-state index in [1.807, 2.05) is 42.5 Å². The molecule has 3 rings (SSSR count). The largest absolute Gasteiger partial charge is 0.363 e. The molecule has 2 aromatic rings. The first-order valence-electron chi connectivity index (χ1n) is 6.68. The molecule has 1 amide bonds. The van der Waals surface area contributed by atoms with Gasteiger partial charge in [0.05, 0.1) is 11.4 Å². The second-order valence-electron chi connectivity index (χ2n) is 4.98. The third-order valence-electron chi connectivity index (χ3n) is 3.47. The topological polar surface area (TPSA) is 58.4 Å². The molecule has 0 unspecified atom stereocenters. The molecule has 0 radical (unpaired) electrons. The number of nitrogens with zero attached hydrogens (tertiary/aromatic N) is 1. The molecule has 21 heavy (non-hydrogen) atoms. The van der Waals surface area contributed by atoms with Crippen LogP contribution in [0.4, 0.5) is 11.4 Å². The van der Waals surface area contributed by atoms with Crippen molar-refractivity contribution in [3.63, 3.8) is 0 Å². The number of anilines is 2. The molecule has 1 aliphatic heterocycles. The van der Waals surface area contributed by atoms with Gasteiger partial charge in [-0.3, -0.25) is 4.79 Å². The van der Waals surface area contributed by atoms with Crippen LogP contribution in [-0.2, 0) is 11.3 Å². The Hall–Kier alpha value is -2.04. The number of nitrogens with two attached hydrogens (primary N) is 1. The Labute approximate surface area is 130 Å². The molecule has 0 bridgehead atoms. The summed E-state index contributed by atoms with van der Waals surface area (Å²) < 4.78 is 0. The molecule has 110 valence electrons. The van der Waals surface area contributed by atoms with Crippen molar-refractivity contribution in [2.75, 3.05) is 16.8 Å². The Morgan fingerprint density at radius 3 is 2.52 bits per heavy atom. The predicted octanol–water partition coefficient (Wildman–Crippen LogP) is 2.39. The molecule has 0 saturated carbocycles. The smallest absolute Gasteiger partial charge is 0.243 e. The molecule has 0 aromatic heterocycles. The number of hydrogen-bond acceptors (Lipinski definition) is 3. The zero-order chi connectivity index (χ0) is 13.9. The number of para-hydroxylation sites is 2. The number of hydrogen-bond donors (Lipinski definition) is 2. The standard InChI is InChI=1S/C16H17N3O.ClH/c17-13-11-19(10-12-6-2-1-3-7-12)15-9-5-4-8-14(15)18-16(13)20;/h1-9,13H,10-11,17H2,(H,18,20);1H/t13-;/m0./s1. The SMILES string of the molecule is Cl.N[C@H]1CN(Cc2ccccc2)c2ccccc2NC1=O. The zero-order valence-corrected chi connectivity index (χ0v) is 12.3. The quantitative estimate of drug-likeness (QED) is 0.895. The van der Waals surface area contributed by atoms with Crippen LogP contribution in [0.25, 0.3) is 0 Å². The van der Waals surface area contributed by atoms with Gasteiger partial charge in [-0.2, -0.15) is 0 Å². The van der Waals surface area contributed by atoms with Crippen LogP contribution in [0.5, 0.6) is 0 Å². The number of carbonyl (C=O) groups excluding carboxylic acids is 1. The second-order valence-corrected chi connectivity index (χ2v) is 4.98. The summed E-state index contributed by atoms with van der Waals surface area (Å²) in [5, 5.41) is 2.88. The van der Waals surface area contributed by atoms with Crippen LogP contribution in [0, 0.1) is 0 Å². The molecular formula is C16H18ClN3O. The molecular weight excluding hydrogens is 286 g/mol. The highest BCUT2D eigenvalue weighted by atomic mass is 35.5. The van der Waals surface area contributed by atoms with Crippen LogP contribution < -0.4 is 16.0 Å². The van der Waals surface area contributed by atoms with Gasteiger partial charge in [0.2, 0.25) is 5.91 Å². The molecule has 1 heterocycles. The van der Waals surface area contributed by atoms with Gasteiger partial charge < -0.3 is 16.0 Å². The first kappa shape index (κ1) is 15.4. The number of carbonyl (C=O) groups is 1. The van der Waals surface area contributed by atoms with Crippen LogP contribution in [-0.4, -0.2) is 18.5 Å². The summed E-state index contributed by atoms with van der Waals surface area (Å²) in [6.45, 7) is 1.25. The van der Waals surface area contributed by atoms with Gasteiger partial charge in [0.15, 0.2) is 0 Å². The number of fused-ring (bicyclic) bond motifs is 1. The first-order valence-corrected chi connectivity index (χ1v) is 6.68. The highest BCUT2D eigenvalue weighted by molar-refractivity contribution is 5.99. The van der Waals surface area contributed by atoms with Crippen molar-refractivity contribution in [1.29, 1.82) is 0 Å². The fraction of sp³-hybridized carbons (Fsp3) is 0.188. The minimum atomic E-state index is -0.522. The lowest BCUT2D eigenvalue weighted by atomic mass is 10.1. The van der Waals surface area contributed by atoms with Gasteiger partial charge in [0, 0.05) is 13.1 Å². The maximum atomic E-state index is 11.9. The van der Waals surface area contributed by atoms with Crippen molar-refractivity contribution in [1.82, 2.24) is 0 Å². The lowest BCUT2D eigenvalue weighted by Crippen LogP contribution is -2.42. The van der Waals surface area contributed by atoms with Crippen LogP contribution in [0.1, 0.15) is 5.56 Å². The number of rotatable bonds is 2. The summed E-state index contributed by atoms with van der Waals surface area (Å²) >= 11 is 0. The van der Waals surface area contributed by atoms with E-state index in [0.29, 0.717) is 6.54 Å². The van der Waals surface area contributed by atoms with Gasteiger partial charge in [-0.05, 0) is 17.7 Å². The zero-order valence-electron chi connectivity index (χ0n) is 11.5. The fourth-order valence-electron chi connectivity index (χ4n) is 2.45. The number of halogens is 1. The third-order valence-corrected chi connectivity index (χ3v) is 3.47. The van der Waals surface area contributed by atoms with Crippen molar-refractivity contribution in [3.05, 3.63) is 60.2 Å². The van der Waals surface area contributed by atoms with Gasteiger partial charge in [0.1, 0.15) is 6.04 Å². The van der Waals surface area contributed by atoms with Crippen LogP contribution in [0.15, 0.2) is 54.6 Å². The van der Waals surface area contributed by atoms with Gasteiger partial charge in [-0.15, -0.1) is 12.4 Å².